The van der Waals surface area contributed by atoms with Crippen molar-refractivity contribution < 1.29 is 9.29 Å². The molecule has 3 nitrogen and oxygen atoms in total. The molecular weight excluding hydrogens is 198 g/mol. The molecule has 72 valence electrons. The fourth-order valence-corrected chi connectivity index (χ4v) is 1.34. The highest BCUT2D eigenvalue weighted by atomic mass is 32.1. The van der Waals surface area contributed by atoms with Gasteiger partial charge in [-0.05, 0) is 35.9 Å². The van der Waals surface area contributed by atoms with Crippen LogP contribution in [0.15, 0.2) is 36.4 Å². The second-order valence-corrected chi connectivity index (χ2v) is 3.06. The zero-order valence-corrected chi connectivity index (χ0v) is 8.16. The lowest BCUT2D eigenvalue weighted by molar-refractivity contribution is 0.475. The third kappa shape index (κ3) is 1.70. The van der Waals surface area contributed by atoms with E-state index >= 15 is 0 Å². The number of aromatic nitrogens is 1. The van der Waals surface area contributed by atoms with Crippen molar-refractivity contribution >= 4 is 12.9 Å². The van der Waals surface area contributed by atoms with Crippen molar-refractivity contribution in [2.45, 2.75) is 0 Å². The van der Waals surface area contributed by atoms with E-state index in [1.54, 1.807) is 18.2 Å². The molecule has 1 aromatic heterocycles. The fourth-order valence-electron chi connectivity index (χ4n) is 1.24. The lowest BCUT2D eigenvalue weighted by Gasteiger charge is -1.98. The van der Waals surface area contributed by atoms with Crippen molar-refractivity contribution in [3.8, 4) is 22.9 Å². The first-order valence-electron chi connectivity index (χ1n) is 4.09. The highest BCUT2D eigenvalue weighted by Crippen LogP contribution is 2.23. The van der Waals surface area contributed by atoms with Crippen molar-refractivity contribution in [2.75, 3.05) is 0 Å². The zero-order valence-electron chi connectivity index (χ0n) is 7.27. The molecular formula is C10H9NO2S. The summed E-state index contributed by atoms with van der Waals surface area (Å²) in [4.78, 5) is 3.02. The summed E-state index contributed by atoms with van der Waals surface area (Å²) >= 11 is 3.68. The van der Waals surface area contributed by atoms with Crippen LogP contribution in [0.5, 0.6) is 11.6 Å². The Bertz CT molecular complexity index is 422. The van der Waals surface area contributed by atoms with Crippen molar-refractivity contribution in [1.29, 1.82) is 0 Å². The van der Waals surface area contributed by atoms with Gasteiger partial charge in [-0.3, -0.25) is 0 Å². The lowest BCUT2D eigenvalue weighted by Crippen LogP contribution is -1.77. The smallest absolute Gasteiger partial charge is 0.206 e. The molecule has 0 aliphatic rings. The van der Waals surface area contributed by atoms with Gasteiger partial charge in [0.1, 0.15) is 5.75 Å². The van der Waals surface area contributed by atoms with Crippen LogP contribution < -0.4 is 4.18 Å². The van der Waals surface area contributed by atoms with Gasteiger partial charge in [-0.2, -0.15) is 0 Å². The summed E-state index contributed by atoms with van der Waals surface area (Å²) in [7, 11) is 0. The van der Waals surface area contributed by atoms with E-state index in [9.17, 15) is 0 Å². The van der Waals surface area contributed by atoms with Crippen LogP contribution >= 0.6 is 12.9 Å². The van der Waals surface area contributed by atoms with Crippen molar-refractivity contribution in [3.05, 3.63) is 36.4 Å². The number of thiol groups is 1. The summed E-state index contributed by atoms with van der Waals surface area (Å²) in [6, 6.07) is 10.6. The summed E-state index contributed by atoms with van der Waals surface area (Å²) in [5.41, 5.74) is 1.91. The van der Waals surface area contributed by atoms with Gasteiger partial charge in [0, 0.05) is 24.7 Å². The summed E-state index contributed by atoms with van der Waals surface area (Å²) in [5.74, 6) is 0.849. The first kappa shape index (κ1) is 9.02. The second kappa shape index (κ2) is 3.67. The van der Waals surface area contributed by atoms with Gasteiger partial charge in [0.25, 0.3) is 0 Å². The van der Waals surface area contributed by atoms with Crippen LogP contribution in [-0.2, 0) is 0 Å². The third-order valence-electron chi connectivity index (χ3n) is 1.94. The van der Waals surface area contributed by atoms with E-state index < -0.39 is 0 Å². The number of phenols is 1. The molecule has 0 saturated carbocycles. The van der Waals surface area contributed by atoms with Crippen molar-refractivity contribution in [3.63, 3.8) is 0 Å². The van der Waals surface area contributed by atoms with E-state index in [-0.39, 0.29) is 5.75 Å². The van der Waals surface area contributed by atoms with Gasteiger partial charge in [-0.15, -0.1) is 0 Å². The Labute approximate surface area is 87.0 Å². The molecule has 4 heteroatoms. The molecule has 0 unspecified atom stereocenters. The van der Waals surface area contributed by atoms with Crippen molar-refractivity contribution in [1.82, 2.24) is 4.98 Å². The molecule has 2 N–H and O–H groups in total. The molecule has 0 fully saturated rings. The predicted molar refractivity (Wildman–Crippen MR) is 57.5 cm³/mol. The second-order valence-electron chi connectivity index (χ2n) is 2.87. The standard InChI is InChI=1S/C10H9NO2S/c12-8-3-1-7(2-4-8)9-5-6-10(11-9)13-14/h1-6,11-12,14H. The number of hydrogen-bond donors (Lipinski definition) is 3. The number of hydrogen-bond acceptors (Lipinski definition) is 3. The normalized spacial score (nSPS) is 10.1. The Morgan fingerprint density at radius 2 is 1.79 bits per heavy atom. The summed E-state index contributed by atoms with van der Waals surface area (Å²) < 4.78 is 4.73. The van der Waals surface area contributed by atoms with Gasteiger partial charge < -0.3 is 14.3 Å². The Morgan fingerprint density at radius 3 is 2.36 bits per heavy atom. The topological polar surface area (TPSA) is 45.2 Å². The number of H-pyrrole nitrogens is 1. The monoisotopic (exact) mass is 207 g/mol. The van der Waals surface area contributed by atoms with Gasteiger partial charge >= 0.3 is 0 Å². The molecule has 14 heavy (non-hydrogen) atoms. The average Bonchev–Trinajstić information content (AvgIpc) is 2.67. The molecule has 2 rings (SSSR count). The number of phenolic OH excluding ortho intramolecular Hbond substituents is 1. The van der Waals surface area contributed by atoms with Crippen molar-refractivity contribution in [2.24, 2.45) is 0 Å². The largest absolute Gasteiger partial charge is 0.508 e. The average molecular weight is 207 g/mol. The summed E-state index contributed by atoms with van der Waals surface area (Å²) in [6.45, 7) is 0. The molecule has 1 aromatic carbocycles. The molecule has 0 spiro atoms. The number of rotatable bonds is 2. The first-order valence-corrected chi connectivity index (χ1v) is 4.46. The van der Waals surface area contributed by atoms with Gasteiger partial charge in [-0.25, -0.2) is 0 Å². The van der Waals surface area contributed by atoms with Gasteiger partial charge in [0.2, 0.25) is 5.88 Å². The van der Waals surface area contributed by atoms with E-state index in [0.29, 0.717) is 5.88 Å². The maximum Gasteiger partial charge on any atom is 0.206 e. The van der Waals surface area contributed by atoms with E-state index in [4.69, 9.17) is 9.29 Å². The third-order valence-corrected chi connectivity index (χ3v) is 2.13. The fraction of sp³-hybridized carbons (Fsp3) is 0. The number of benzene rings is 1. The SMILES string of the molecule is Oc1ccc(-c2ccc(OS)[nH]2)cc1. The lowest BCUT2D eigenvalue weighted by atomic mass is 10.1. The molecule has 0 atom stereocenters. The summed E-state index contributed by atoms with van der Waals surface area (Å²) in [6.07, 6.45) is 0. The predicted octanol–water partition coefficient (Wildman–Crippen LogP) is 2.61. The molecule has 0 bridgehead atoms. The summed E-state index contributed by atoms with van der Waals surface area (Å²) in [5, 5.41) is 9.11. The van der Waals surface area contributed by atoms with E-state index in [1.165, 1.54) is 0 Å². The number of aromatic amines is 1. The highest BCUT2D eigenvalue weighted by Gasteiger charge is 2.01. The maximum atomic E-state index is 9.11. The Morgan fingerprint density at radius 1 is 1.07 bits per heavy atom. The highest BCUT2D eigenvalue weighted by molar-refractivity contribution is 7.75. The molecule has 1 heterocycles. The Kier molecular flexibility index (Phi) is 2.37. The van der Waals surface area contributed by atoms with Gasteiger partial charge in [-0.1, -0.05) is 0 Å². The molecule has 0 aliphatic heterocycles. The number of aromatic hydroxyl groups is 1. The first-order chi connectivity index (χ1) is 6.79. The van der Waals surface area contributed by atoms with Crippen LogP contribution in [0.4, 0.5) is 0 Å². The molecule has 2 aromatic rings. The van der Waals surface area contributed by atoms with Crippen LogP contribution in [0.25, 0.3) is 11.3 Å². The minimum Gasteiger partial charge on any atom is -0.508 e. The van der Waals surface area contributed by atoms with Crippen LogP contribution in [0.1, 0.15) is 0 Å². The minimum atomic E-state index is 0.256. The maximum absolute atomic E-state index is 9.11. The van der Waals surface area contributed by atoms with E-state index in [1.807, 2.05) is 18.2 Å². The van der Waals surface area contributed by atoms with Crippen LogP contribution in [0, 0.1) is 0 Å². The zero-order chi connectivity index (χ0) is 9.97. The van der Waals surface area contributed by atoms with Crippen LogP contribution in [0.2, 0.25) is 0 Å². The Hall–Kier alpha value is -1.55. The van der Waals surface area contributed by atoms with Crippen LogP contribution in [-0.4, -0.2) is 10.1 Å². The molecule has 0 amide bonds. The van der Waals surface area contributed by atoms with Gasteiger partial charge in [0.05, 0.1) is 0 Å². The van der Waals surface area contributed by atoms with E-state index in [0.717, 1.165) is 11.3 Å². The van der Waals surface area contributed by atoms with Gasteiger partial charge in [0.15, 0.2) is 0 Å². The Balaban J connectivity index is 2.34. The molecule has 0 saturated heterocycles. The quantitative estimate of drug-likeness (QED) is 0.523. The minimum absolute atomic E-state index is 0.256. The number of nitrogens with one attached hydrogen (secondary N) is 1. The molecule has 0 radical (unpaired) electrons. The van der Waals surface area contributed by atoms with Crippen LogP contribution in [0.3, 0.4) is 0 Å². The van der Waals surface area contributed by atoms with E-state index in [2.05, 4.69) is 17.9 Å². The molecule has 0 aliphatic carbocycles.